The lowest BCUT2D eigenvalue weighted by Gasteiger charge is -2.25. The van der Waals surface area contributed by atoms with Gasteiger partial charge in [-0.15, -0.1) is 0 Å². The van der Waals surface area contributed by atoms with Crippen LogP contribution in [0.25, 0.3) is 0 Å². The lowest BCUT2D eigenvalue weighted by molar-refractivity contribution is -0.138. The molecule has 1 N–H and O–H groups in total. The van der Waals surface area contributed by atoms with Gasteiger partial charge in [-0.1, -0.05) is 29.8 Å². The van der Waals surface area contributed by atoms with Gasteiger partial charge < -0.3 is 5.32 Å². The van der Waals surface area contributed by atoms with Gasteiger partial charge in [0.05, 0.1) is 16.6 Å². The first-order valence-corrected chi connectivity index (χ1v) is 10.9. The third-order valence-electron chi connectivity index (χ3n) is 4.74. The van der Waals surface area contributed by atoms with Gasteiger partial charge in [-0.2, -0.15) is 13.2 Å². The average molecular weight is 478 g/mol. The number of hydrogen-bond acceptors (Lipinski definition) is 4. The molecule has 2 rings (SSSR count). The fourth-order valence-electron chi connectivity index (χ4n) is 2.76. The number of amides is 1. The van der Waals surface area contributed by atoms with Crippen molar-refractivity contribution < 1.29 is 26.4 Å². The second kappa shape index (κ2) is 9.56. The molecule has 0 aliphatic carbocycles. The Kier molecular flexibility index (Phi) is 7.75. The van der Waals surface area contributed by atoms with Crippen LogP contribution in [0.15, 0.2) is 47.4 Å². The number of sulfonamides is 1. The molecule has 0 heterocycles. The lowest BCUT2D eigenvalue weighted by atomic mass is 10.1. The van der Waals surface area contributed by atoms with Gasteiger partial charge >= 0.3 is 6.18 Å². The van der Waals surface area contributed by atoms with Crippen LogP contribution in [-0.4, -0.2) is 50.7 Å². The number of benzene rings is 2. The molecule has 0 aliphatic rings. The molecule has 0 saturated heterocycles. The van der Waals surface area contributed by atoms with E-state index in [0.29, 0.717) is 0 Å². The summed E-state index contributed by atoms with van der Waals surface area (Å²) in [5, 5.41) is 2.59. The summed E-state index contributed by atoms with van der Waals surface area (Å²) in [7, 11) is 0.408. The standard InChI is InChI=1S/C20H23ClF3N3O3S/c1-13(27(4)12-14-7-5-6-8-16(14)20(22,23)24)19(28)25-15-9-10-17(21)18(11-15)31(29,30)26(2)3/h5-11,13H,12H2,1-4H3,(H,25,28). The number of hydrogen-bond donors (Lipinski definition) is 1. The second-order valence-corrected chi connectivity index (χ2v) is 9.70. The highest BCUT2D eigenvalue weighted by atomic mass is 35.5. The number of halogens is 4. The Balaban J connectivity index is 2.19. The molecule has 0 bridgehead atoms. The van der Waals surface area contributed by atoms with Crippen LogP contribution in [0.5, 0.6) is 0 Å². The molecule has 1 atom stereocenters. The zero-order chi connectivity index (χ0) is 23.6. The fourth-order valence-corrected chi connectivity index (χ4v) is 4.16. The molecule has 0 radical (unpaired) electrons. The summed E-state index contributed by atoms with van der Waals surface area (Å²) < 4.78 is 65.4. The molecule has 31 heavy (non-hydrogen) atoms. The van der Waals surface area contributed by atoms with Crippen molar-refractivity contribution in [1.29, 1.82) is 0 Å². The van der Waals surface area contributed by atoms with Crippen LogP contribution >= 0.6 is 11.6 Å². The Hall–Kier alpha value is -2.14. The van der Waals surface area contributed by atoms with E-state index < -0.39 is 33.7 Å². The van der Waals surface area contributed by atoms with Gasteiger partial charge in [0.15, 0.2) is 0 Å². The Bertz CT molecular complexity index is 1060. The van der Waals surface area contributed by atoms with Gasteiger partial charge in [0.2, 0.25) is 15.9 Å². The summed E-state index contributed by atoms with van der Waals surface area (Å²) in [4.78, 5) is 13.9. The normalized spacial score (nSPS) is 13.5. The third kappa shape index (κ3) is 5.97. The number of nitrogens with zero attached hydrogens (tertiary/aromatic N) is 2. The number of likely N-dealkylation sites (N-methyl/N-ethyl adjacent to an activating group) is 1. The van der Waals surface area contributed by atoms with Gasteiger partial charge in [0, 0.05) is 26.3 Å². The number of anilines is 1. The number of rotatable bonds is 7. The molecule has 11 heteroatoms. The summed E-state index contributed by atoms with van der Waals surface area (Å²) in [5.41, 5.74) is -0.514. The number of alkyl halides is 3. The minimum absolute atomic E-state index is 0.000577. The molecule has 170 valence electrons. The average Bonchev–Trinajstić information content (AvgIpc) is 2.68. The highest BCUT2D eigenvalue weighted by Crippen LogP contribution is 2.32. The molecule has 0 spiro atoms. The van der Waals surface area contributed by atoms with Crippen LogP contribution in [0.1, 0.15) is 18.1 Å². The van der Waals surface area contributed by atoms with Crippen LogP contribution in [0.2, 0.25) is 5.02 Å². The van der Waals surface area contributed by atoms with E-state index in [1.807, 2.05) is 0 Å². The van der Waals surface area contributed by atoms with Gasteiger partial charge in [-0.05, 0) is 43.8 Å². The fraction of sp³-hybridized carbons (Fsp3) is 0.350. The van der Waals surface area contributed by atoms with Crippen molar-refractivity contribution in [3.05, 3.63) is 58.6 Å². The lowest BCUT2D eigenvalue weighted by Crippen LogP contribution is -2.39. The zero-order valence-corrected chi connectivity index (χ0v) is 18.9. The Morgan fingerprint density at radius 2 is 1.74 bits per heavy atom. The van der Waals surface area contributed by atoms with Crippen molar-refractivity contribution in [2.75, 3.05) is 26.5 Å². The molecule has 1 amide bonds. The minimum atomic E-state index is -4.50. The van der Waals surface area contributed by atoms with Crippen molar-refractivity contribution in [3.8, 4) is 0 Å². The van der Waals surface area contributed by atoms with Crippen molar-refractivity contribution in [2.24, 2.45) is 0 Å². The van der Waals surface area contributed by atoms with E-state index in [1.165, 1.54) is 62.4 Å². The van der Waals surface area contributed by atoms with Gasteiger partial charge in [0.1, 0.15) is 4.90 Å². The van der Waals surface area contributed by atoms with E-state index in [-0.39, 0.29) is 27.7 Å². The topological polar surface area (TPSA) is 69.7 Å². The van der Waals surface area contributed by atoms with Crippen LogP contribution in [0.4, 0.5) is 18.9 Å². The van der Waals surface area contributed by atoms with Crippen molar-refractivity contribution in [3.63, 3.8) is 0 Å². The smallest absolute Gasteiger partial charge is 0.325 e. The van der Waals surface area contributed by atoms with Crippen molar-refractivity contribution in [2.45, 2.75) is 30.6 Å². The summed E-state index contributed by atoms with van der Waals surface area (Å²) >= 11 is 6.00. The summed E-state index contributed by atoms with van der Waals surface area (Å²) in [5.74, 6) is -0.512. The minimum Gasteiger partial charge on any atom is -0.325 e. The summed E-state index contributed by atoms with van der Waals surface area (Å²) in [6, 6.07) is 8.40. The van der Waals surface area contributed by atoms with E-state index in [4.69, 9.17) is 11.6 Å². The molecular weight excluding hydrogens is 455 g/mol. The predicted octanol–water partition coefficient (Wildman–Crippen LogP) is 4.07. The zero-order valence-electron chi connectivity index (χ0n) is 17.4. The number of carbonyl (C=O) groups excluding carboxylic acids is 1. The summed E-state index contributed by atoms with van der Waals surface area (Å²) in [6.07, 6.45) is -4.50. The second-order valence-electron chi connectivity index (χ2n) is 7.17. The van der Waals surface area contributed by atoms with E-state index in [2.05, 4.69) is 5.32 Å². The van der Waals surface area contributed by atoms with Crippen molar-refractivity contribution >= 4 is 33.2 Å². The first-order chi connectivity index (χ1) is 14.2. The molecule has 6 nitrogen and oxygen atoms in total. The Labute approximate surface area is 184 Å². The maximum Gasteiger partial charge on any atom is 0.416 e. The first kappa shape index (κ1) is 25.1. The van der Waals surface area contributed by atoms with Crippen LogP contribution in [0.3, 0.4) is 0 Å². The molecular formula is C20H23ClF3N3O3S. The molecule has 1 unspecified atom stereocenters. The Morgan fingerprint density at radius 1 is 1.13 bits per heavy atom. The van der Waals surface area contributed by atoms with Gasteiger partial charge in [0.25, 0.3) is 0 Å². The largest absolute Gasteiger partial charge is 0.416 e. The highest BCUT2D eigenvalue weighted by molar-refractivity contribution is 7.89. The molecule has 2 aromatic carbocycles. The summed E-state index contributed by atoms with van der Waals surface area (Å²) in [6.45, 7) is 1.43. The van der Waals surface area contributed by atoms with E-state index in [0.717, 1.165) is 10.4 Å². The van der Waals surface area contributed by atoms with E-state index >= 15 is 0 Å². The Morgan fingerprint density at radius 3 is 2.32 bits per heavy atom. The number of carbonyl (C=O) groups is 1. The molecule has 0 fully saturated rings. The van der Waals surface area contributed by atoms with Crippen LogP contribution in [0, 0.1) is 0 Å². The van der Waals surface area contributed by atoms with Crippen molar-refractivity contribution in [1.82, 2.24) is 9.21 Å². The van der Waals surface area contributed by atoms with Crippen LogP contribution < -0.4 is 5.32 Å². The van der Waals surface area contributed by atoms with E-state index in [1.54, 1.807) is 6.92 Å². The molecule has 0 aliphatic heterocycles. The molecule has 2 aromatic rings. The third-order valence-corrected chi connectivity index (χ3v) is 7.04. The molecule has 0 aromatic heterocycles. The maximum absolute atomic E-state index is 13.2. The van der Waals surface area contributed by atoms with E-state index in [9.17, 15) is 26.4 Å². The SMILES string of the molecule is CC(C(=O)Nc1ccc(Cl)c(S(=O)(=O)N(C)C)c1)N(C)Cc1ccccc1C(F)(F)F. The quantitative estimate of drug-likeness (QED) is 0.652. The first-order valence-electron chi connectivity index (χ1n) is 9.13. The highest BCUT2D eigenvalue weighted by Gasteiger charge is 2.33. The van der Waals surface area contributed by atoms with Gasteiger partial charge in [-0.25, -0.2) is 12.7 Å². The number of nitrogens with one attached hydrogen (secondary N) is 1. The monoisotopic (exact) mass is 477 g/mol. The van der Waals surface area contributed by atoms with Crippen LogP contribution in [-0.2, 0) is 27.5 Å². The van der Waals surface area contributed by atoms with Gasteiger partial charge in [-0.3, -0.25) is 9.69 Å². The molecule has 0 saturated carbocycles. The predicted molar refractivity (Wildman–Crippen MR) is 113 cm³/mol. The maximum atomic E-state index is 13.2.